The largest absolute Gasteiger partial charge is 0.341 e. The molecule has 0 saturated carbocycles. The second kappa shape index (κ2) is 7.60. The lowest BCUT2D eigenvalue weighted by Gasteiger charge is -2.08. The third-order valence-electron chi connectivity index (χ3n) is 2.41. The maximum Gasteiger partial charge on any atom is 0.314 e. The van der Waals surface area contributed by atoms with Crippen LogP contribution in [0.2, 0.25) is 0 Å². The maximum atomic E-state index is 12.0. The first-order valence-electron chi connectivity index (χ1n) is 6.18. The lowest BCUT2D eigenvalue weighted by Crippen LogP contribution is -2.38. The molecule has 9 heteroatoms. The highest BCUT2D eigenvalue weighted by Crippen LogP contribution is 2.13. The normalized spacial score (nSPS) is 10.8. The van der Waals surface area contributed by atoms with E-state index in [0.29, 0.717) is 5.69 Å². The van der Waals surface area contributed by atoms with Gasteiger partial charge in [-0.3, -0.25) is 4.79 Å². The number of nitrogens with one attached hydrogen (secondary N) is 4. The Morgan fingerprint density at radius 2 is 1.71 bits per heavy atom. The van der Waals surface area contributed by atoms with Gasteiger partial charge in [0.25, 0.3) is 0 Å². The van der Waals surface area contributed by atoms with Crippen molar-refractivity contribution in [2.45, 2.75) is 11.8 Å². The first-order valence-corrected chi connectivity index (χ1v) is 7.66. The predicted octanol–water partition coefficient (Wildman–Crippen LogP) is -0.148. The number of benzene rings is 1. The predicted molar refractivity (Wildman–Crippen MR) is 78.4 cm³/mol. The van der Waals surface area contributed by atoms with E-state index in [2.05, 4.69) is 20.7 Å². The van der Waals surface area contributed by atoms with Gasteiger partial charge in [-0.2, -0.15) is 0 Å². The monoisotopic (exact) mass is 314 g/mol. The molecule has 0 spiro atoms. The molecule has 0 unspecified atom stereocenters. The Bertz CT molecular complexity index is 598. The van der Waals surface area contributed by atoms with Gasteiger partial charge in [0, 0.05) is 32.7 Å². The minimum absolute atomic E-state index is 0.0726. The van der Waals surface area contributed by atoms with Crippen LogP contribution in [-0.4, -0.2) is 40.5 Å². The zero-order valence-electron chi connectivity index (χ0n) is 11.8. The van der Waals surface area contributed by atoms with Crippen LogP contribution in [0, 0.1) is 0 Å². The molecule has 0 aromatic heterocycles. The molecule has 0 fully saturated rings. The van der Waals surface area contributed by atoms with E-state index >= 15 is 0 Å². The second-order valence-corrected chi connectivity index (χ2v) is 5.88. The smallest absolute Gasteiger partial charge is 0.314 e. The number of urea groups is 1. The maximum absolute atomic E-state index is 12.0. The zero-order chi connectivity index (χ0) is 15.9. The van der Waals surface area contributed by atoms with Crippen molar-refractivity contribution < 1.29 is 18.0 Å². The topological polar surface area (TPSA) is 116 Å². The van der Waals surface area contributed by atoms with Gasteiger partial charge < -0.3 is 16.0 Å². The van der Waals surface area contributed by atoms with Gasteiger partial charge >= 0.3 is 6.03 Å². The molecule has 0 aliphatic carbocycles. The fraction of sp³-hybridized carbons (Fsp3) is 0.333. The minimum atomic E-state index is -3.64. The zero-order valence-corrected chi connectivity index (χ0v) is 12.6. The highest BCUT2D eigenvalue weighted by Gasteiger charge is 2.13. The second-order valence-electron chi connectivity index (χ2n) is 4.11. The van der Waals surface area contributed by atoms with Crippen LogP contribution in [0.1, 0.15) is 6.92 Å². The minimum Gasteiger partial charge on any atom is -0.341 e. The van der Waals surface area contributed by atoms with Crippen LogP contribution in [0.25, 0.3) is 0 Å². The van der Waals surface area contributed by atoms with E-state index in [1.807, 2.05) is 0 Å². The number of carbonyl (C=O) groups is 2. The highest BCUT2D eigenvalue weighted by atomic mass is 32.2. The Labute approximate surface area is 123 Å². The van der Waals surface area contributed by atoms with E-state index in [9.17, 15) is 18.0 Å². The summed E-state index contributed by atoms with van der Waals surface area (Å²) < 4.78 is 26.3. The van der Waals surface area contributed by atoms with Crippen molar-refractivity contribution in [1.82, 2.24) is 15.4 Å². The molecule has 3 amide bonds. The number of anilines is 1. The van der Waals surface area contributed by atoms with Gasteiger partial charge in [-0.15, -0.1) is 0 Å². The van der Waals surface area contributed by atoms with E-state index in [0.717, 1.165) is 0 Å². The van der Waals surface area contributed by atoms with Gasteiger partial charge in [0.15, 0.2) is 0 Å². The number of hydrogen-bond acceptors (Lipinski definition) is 4. The summed E-state index contributed by atoms with van der Waals surface area (Å²) in [6.45, 7) is 1.61. The molecule has 21 heavy (non-hydrogen) atoms. The molecular weight excluding hydrogens is 296 g/mol. The lowest BCUT2D eigenvalue weighted by atomic mass is 10.3. The standard InChI is InChI=1S/C12H18N4O4S/c1-9(17)16-10-3-5-11(6-4-10)21(19,20)15-8-7-14-12(18)13-2/h3-6,15H,7-8H2,1-2H3,(H,16,17)(H2,13,14,18). The molecule has 0 heterocycles. The van der Waals surface area contributed by atoms with Crippen molar-refractivity contribution in [3.05, 3.63) is 24.3 Å². The Morgan fingerprint density at radius 3 is 2.24 bits per heavy atom. The SMILES string of the molecule is CNC(=O)NCCNS(=O)(=O)c1ccc(NC(C)=O)cc1. The van der Waals surface area contributed by atoms with E-state index in [1.54, 1.807) is 0 Å². The molecule has 0 aliphatic heterocycles. The van der Waals surface area contributed by atoms with Crippen molar-refractivity contribution in [3.63, 3.8) is 0 Å². The van der Waals surface area contributed by atoms with Crippen molar-refractivity contribution in [2.75, 3.05) is 25.5 Å². The Balaban J connectivity index is 2.57. The average molecular weight is 314 g/mol. The number of carbonyl (C=O) groups excluding carboxylic acids is 2. The van der Waals surface area contributed by atoms with Crippen molar-refractivity contribution in [1.29, 1.82) is 0 Å². The van der Waals surface area contributed by atoms with Crippen LogP contribution in [0.4, 0.5) is 10.5 Å². The summed E-state index contributed by atoms with van der Waals surface area (Å²) in [5, 5.41) is 7.36. The fourth-order valence-corrected chi connectivity index (χ4v) is 2.49. The number of sulfonamides is 1. The van der Waals surface area contributed by atoms with Crippen LogP contribution in [0.5, 0.6) is 0 Å². The Kier molecular flexibility index (Phi) is 6.12. The van der Waals surface area contributed by atoms with Gasteiger partial charge in [-0.25, -0.2) is 17.9 Å². The van der Waals surface area contributed by atoms with Gasteiger partial charge in [-0.05, 0) is 24.3 Å². The molecule has 4 N–H and O–H groups in total. The van der Waals surface area contributed by atoms with Gasteiger partial charge in [0.05, 0.1) is 4.90 Å². The number of hydrogen-bond donors (Lipinski definition) is 4. The van der Waals surface area contributed by atoms with Crippen molar-refractivity contribution in [3.8, 4) is 0 Å². The number of amides is 3. The molecule has 0 radical (unpaired) electrons. The van der Waals surface area contributed by atoms with E-state index < -0.39 is 10.0 Å². The van der Waals surface area contributed by atoms with Crippen LogP contribution in [0.3, 0.4) is 0 Å². The molecule has 116 valence electrons. The molecule has 0 atom stereocenters. The molecule has 0 saturated heterocycles. The van der Waals surface area contributed by atoms with Crippen LogP contribution in [-0.2, 0) is 14.8 Å². The summed E-state index contributed by atoms with van der Waals surface area (Å²) in [6, 6.07) is 5.39. The summed E-state index contributed by atoms with van der Waals surface area (Å²) in [5.74, 6) is -0.232. The van der Waals surface area contributed by atoms with Crippen LogP contribution < -0.4 is 20.7 Å². The van der Waals surface area contributed by atoms with E-state index in [-0.39, 0.29) is 29.9 Å². The third-order valence-corrected chi connectivity index (χ3v) is 3.89. The first kappa shape index (κ1) is 16.9. The molecule has 1 aromatic carbocycles. The molecule has 0 aliphatic rings. The van der Waals surface area contributed by atoms with E-state index in [1.165, 1.54) is 38.2 Å². The summed E-state index contributed by atoms with van der Waals surface area (Å²) in [6.07, 6.45) is 0. The van der Waals surface area contributed by atoms with Crippen LogP contribution >= 0.6 is 0 Å². The summed E-state index contributed by atoms with van der Waals surface area (Å²) >= 11 is 0. The molecule has 1 rings (SSSR count). The average Bonchev–Trinajstić information content (AvgIpc) is 2.43. The fourth-order valence-electron chi connectivity index (χ4n) is 1.45. The Hall–Kier alpha value is -2.13. The molecular formula is C12H18N4O4S. The first-order chi connectivity index (χ1) is 9.85. The molecule has 8 nitrogen and oxygen atoms in total. The Morgan fingerprint density at radius 1 is 1.10 bits per heavy atom. The summed E-state index contributed by atoms with van der Waals surface area (Å²) in [5.41, 5.74) is 0.516. The van der Waals surface area contributed by atoms with Gasteiger partial charge in [-0.1, -0.05) is 0 Å². The molecule has 1 aromatic rings. The van der Waals surface area contributed by atoms with Crippen molar-refractivity contribution >= 4 is 27.6 Å². The molecule has 0 bridgehead atoms. The third kappa shape index (κ3) is 5.79. The quantitative estimate of drug-likeness (QED) is 0.546. The van der Waals surface area contributed by atoms with Crippen LogP contribution in [0.15, 0.2) is 29.2 Å². The summed E-state index contributed by atoms with van der Waals surface area (Å²) in [7, 11) is -2.18. The lowest BCUT2D eigenvalue weighted by molar-refractivity contribution is -0.114. The van der Waals surface area contributed by atoms with Crippen molar-refractivity contribution in [2.24, 2.45) is 0 Å². The highest BCUT2D eigenvalue weighted by molar-refractivity contribution is 7.89. The van der Waals surface area contributed by atoms with E-state index in [4.69, 9.17) is 0 Å². The van der Waals surface area contributed by atoms with Gasteiger partial charge in [0.1, 0.15) is 0 Å². The van der Waals surface area contributed by atoms with Gasteiger partial charge in [0.2, 0.25) is 15.9 Å². The summed E-state index contributed by atoms with van der Waals surface area (Å²) in [4.78, 5) is 21.8. The number of rotatable bonds is 6.